The fourth-order valence-corrected chi connectivity index (χ4v) is 3.90. The van der Waals surface area contributed by atoms with Gasteiger partial charge in [-0.05, 0) is 19.8 Å². The van der Waals surface area contributed by atoms with Crippen LogP contribution in [0.3, 0.4) is 0 Å². The quantitative estimate of drug-likeness (QED) is 0.914. The SMILES string of the molecule is CC(C)c1nc(CS(C)(=O)=O)sc1C(C)(C)O. The predicted molar refractivity (Wildman–Crippen MR) is 70.0 cm³/mol. The summed E-state index contributed by atoms with van der Waals surface area (Å²) in [5.41, 5.74) is -0.186. The van der Waals surface area contributed by atoms with Crippen LogP contribution in [0.1, 0.15) is 49.2 Å². The molecule has 0 unspecified atom stereocenters. The molecule has 0 spiro atoms. The first kappa shape index (κ1) is 14.6. The molecular formula is C11H19NO3S2. The van der Waals surface area contributed by atoms with Crippen molar-refractivity contribution in [3.63, 3.8) is 0 Å². The van der Waals surface area contributed by atoms with Gasteiger partial charge in [-0.1, -0.05) is 13.8 Å². The van der Waals surface area contributed by atoms with Crippen molar-refractivity contribution >= 4 is 21.2 Å². The number of rotatable bonds is 4. The lowest BCUT2D eigenvalue weighted by molar-refractivity contribution is 0.0811. The molecule has 1 aromatic rings. The molecule has 17 heavy (non-hydrogen) atoms. The van der Waals surface area contributed by atoms with Gasteiger partial charge in [0.05, 0.1) is 16.2 Å². The van der Waals surface area contributed by atoms with Gasteiger partial charge in [-0.2, -0.15) is 0 Å². The second kappa shape index (κ2) is 4.66. The Bertz CT molecular complexity index is 495. The van der Waals surface area contributed by atoms with Gasteiger partial charge >= 0.3 is 0 Å². The summed E-state index contributed by atoms with van der Waals surface area (Å²) in [7, 11) is -3.09. The van der Waals surface area contributed by atoms with Crippen LogP contribution >= 0.6 is 11.3 Å². The first-order valence-corrected chi connectivity index (χ1v) is 8.28. The molecule has 0 aromatic carbocycles. The van der Waals surface area contributed by atoms with E-state index in [1.54, 1.807) is 13.8 Å². The molecule has 0 aliphatic heterocycles. The van der Waals surface area contributed by atoms with Crippen LogP contribution in [0.4, 0.5) is 0 Å². The molecule has 6 heteroatoms. The van der Waals surface area contributed by atoms with E-state index in [9.17, 15) is 13.5 Å². The summed E-state index contributed by atoms with van der Waals surface area (Å²) >= 11 is 1.28. The maximum atomic E-state index is 11.2. The van der Waals surface area contributed by atoms with Gasteiger partial charge in [0.25, 0.3) is 0 Å². The van der Waals surface area contributed by atoms with Crippen LogP contribution in [0.25, 0.3) is 0 Å². The number of thiazole rings is 1. The van der Waals surface area contributed by atoms with Crippen LogP contribution in [0.2, 0.25) is 0 Å². The van der Waals surface area contributed by atoms with E-state index in [0.29, 0.717) is 5.01 Å². The van der Waals surface area contributed by atoms with E-state index in [0.717, 1.165) is 10.6 Å². The zero-order chi connectivity index (χ0) is 13.4. The molecule has 0 fully saturated rings. The minimum Gasteiger partial charge on any atom is -0.385 e. The standard InChI is InChI=1S/C11H19NO3S2/c1-7(2)9-10(11(3,4)13)16-8(12-9)6-17(5,14)15/h7,13H,6H2,1-5H3. The van der Waals surface area contributed by atoms with Crippen LogP contribution in [0.5, 0.6) is 0 Å². The van der Waals surface area contributed by atoms with Gasteiger partial charge in [-0.25, -0.2) is 13.4 Å². The maximum absolute atomic E-state index is 11.2. The van der Waals surface area contributed by atoms with Gasteiger partial charge in [0.1, 0.15) is 10.8 Å². The van der Waals surface area contributed by atoms with Crippen molar-refractivity contribution in [2.75, 3.05) is 6.26 Å². The first-order valence-electron chi connectivity index (χ1n) is 5.41. The lowest BCUT2D eigenvalue weighted by Gasteiger charge is -2.17. The van der Waals surface area contributed by atoms with Crippen molar-refractivity contribution in [2.45, 2.75) is 45.0 Å². The number of sulfone groups is 1. The Hall–Kier alpha value is -0.460. The third kappa shape index (κ3) is 4.04. The fourth-order valence-electron chi connectivity index (χ4n) is 1.49. The molecular weight excluding hydrogens is 258 g/mol. The zero-order valence-electron chi connectivity index (χ0n) is 10.8. The minimum absolute atomic E-state index is 0.0620. The summed E-state index contributed by atoms with van der Waals surface area (Å²) in [6.45, 7) is 7.34. The molecule has 0 radical (unpaired) electrons. The van der Waals surface area contributed by atoms with Crippen molar-refractivity contribution in [3.8, 4) is 0 Å². The number of nitrogens with zero attached hydrogens (tertiary/aromatic N) is 1. The average molecular weight is 277 g/mol. The topological polar surface area (TPSA) is 67.3 Å². The second-order valence-corrected chi connectivity index (χ2v) is 8.33. The average Bonchev–Trinajstić information content (AvgIpc) is 2.43. The summed E-state index contributed by atoms with van der Waals surface area (Å²) in [5.74, 6) is 0.106. The van der Waals surface area contributed by atoms with Gasteiger partial charge < -0.3 is 5.11 Å². The normalized spacial score (nSPS) is 13.4. The maximum Gasteiger partial charge on any atom is 0.153 e. The van der Waals surface area contributed by atoms with Crippen molar-refractivity contribution in [3.05, 3.63) is 15.6 Å². The summed E-state index contributed by atoms with van der Waals surface area (Å²) in [6.07, 6.45) is 1.19. The Morgan fingerprint density at radius 2 is 1.94 bits per heavy atom. The molecule has 0 saturated carbocycles. The van der Waals surface area contributed by atoms with E-state index in [1.807, 2.05) is 13.8 Å². The van der Waals surface area contributed by atoms with Crippen molar-refractivity contribution < 1.29 is 13.5 Å². The Morgan fingerprint density at radius 3 is 2.24 bits per heavy atom. The third-order valence-electron chi connectivity index (χ3n) is 2.19. The lowest BCUT2D eigenvalue weighted by atomic mass is 10.0. The van der Waals surface area contributed by atoms with E-state index in [2.05, 4.69) is 4.98 Å². The Balaban J connectivity index is 3.23. The van der Waals surface area contributed by atoms with E-state index in [-0.39, 0.29) is 11.7 Å². The van der Waals surface area contributed by atoms with Crippen LogP contribution in [-0.2, 0) is 21.2 Å². The lowest BCUT2D eigenvalue weighted by Crippen LogP contribution is -2.16. The highest BCUT2D eigenvalue weighted by atomic mass is 32.2. The Kier molecular flexibility index (Phi) is 4.01. The fraction of sp³-hybridized carbons (Fsp3) is 0.727. The Labute approximate surface area is 107 Å². The van der Waals surface area contributed by atoms with Gasteiger partial charge in [-0.3, -0.25) is 0 Å². The molecule has 1 aromatic heterocycles. The van der Waals surface area contributed by atoms with Gasteiger partial charge in [-0.15, -0.1) is 11.3 Å². The highest BCUT2D eigenvalue weighted by Crippen LogP contribution is 2.34. The van der Waals surface area contributed by atoms with E-state index < -0.39 is 15.4 Å². The van der Waals surface area contributed by atoms with Gasteiger partial charge in [0.15, 0.2) is 9.84 Å². The highest BCUT2D eigenvalue weighted by Gasteiger charge is 2.27. The molecule has 0 aliphatic carbocycles. The molecule has 0 atom stereocenters. The number of hydrogen-bond donors (Lipinski definition) is 1. The van der Waals surface area contributed by atoms with E-state index >= 15 is 0 Å². The molecule has 98 valence electrons. The first-order chi connectivity index (χ1) is 7.50. The minimum atomic E-state index is -3.09. The van der Waals surface area contributed by atoms with Gasteiger partial charge in [0.2, 0.25) is 0 Å². The second-order valence-electron chi connectivity index (χ2n) is 5.11. The largest absolute Gasteiger partial charge is 0.385 e. The Morgan fingerprint density at radius 1 is 1.41 bits per heavy atom. The van der Waals surface area contributed by atoms with Gasteiger partial charge in [0, 0.05) is 6.26 Å². The molecule has 1 rings (SSSR count). The van der Waals surface area contributed by atoms with Crippen molar-refractivity contribution in [1.82, 2.24) is 4.98 Å². The highest BCUT2D eigenvalue weighted by molar-refractivity contribution is 7.90. The molecule has 0 aliphatic rings. The van der Waals surface area contributed by atoms with Crippen LogP contribution in [0.15, 0.2) is 0 Å². The summed E-state index contributed by atoms with van der Waals surface area (Å²) in [4.78, 5) is 5.10. The third-order valence-corrected chi connectivity index (χ3v) is 4.55. The summed E-state index contributed by atoms with van der Waals surface area (Å²) in [5, 5.41) is 10.6. The molecule has 0 bridgehead atoms. The number of hydrogen-bond acceptors (Lipinski definition) is 5. The van der Waals surface area contributed by atoms with Crippen LogP contribution in [0, 0.1) is 0 Å². The molecule has 0 amide bonds. The predicted octanol–water partition coefficient (Wildman–Crippen LogP) is 2.04. The van der Waals surface area contributed by atoms with E-state index in [4.69, 9.17) is 0 Å². The van der Waals surface area contributed by atoms with Crippen molar-refractivity contribution in [1.29, 1.82) is 0 Å². The van der Waals surface area contributed by atoms with Crippen LogP contribution < -0.4 is 0 Å². The summed E-state index contributed by atoms with van der Waals surface area (Å²) in [6, 6.07) is 0. The smallest absolute Gasteiger partial charge is 0.153 e. The zero-order valence-corrected chi connectivity index (χ0v) is 12.4. The molecule has 1 N–H and O–H groups in total. The number of aliphatic hydroxyl groups is 1. The molecule has 0 saturated heterocycles. The van der Waals surface area contributed by atoms with Crippen molar-refractivity contribution in [2.24, 2.45) is 0 Å². The van der Waals surface area contributed by atoms with E-state index in [1.165, 1.54) is 17.6 Å². The molecule has 4 nitrogen and oxygen atoms in total. The number of aromatic nitrogens is 1. The van der Waals surface area contributed by atoms with Crippen LogP contribution in [-0.4, -0.2) is 24.8 Å². The molecule has 1 heterocycles. The summed E-state index contributed by atoms with van der Waals surface area (Å²) < 4.78 is 22.5. The monoisotopic (exact) mass is 277 g/mol.